The monoisotopic (exact) mass is 815 g/mol. The molecule has 2 aliphatic carbocycles. The second kappa shape index (κ2) is 20.2. The Hall–Kier alpha value is -4.10. The highest BCUT2D eigenvalue weighted by Crippen LogP contribution is 2.65. The Morgan fingerprint density at radius 3 is 2.03 bits per heavy atom. The summed E-state index contributed by atoms with van der Waals surface area (Å²) in [5.74, 6) is -3.23. The lowest BCUT2D eigenvalue weighted by Gasteiger charge is -2.61. The molecule has 1 fully saturated rings. The molecule has 1 unspecified atom stereocenters. The molecule has 0 aromatic heterocycles. The molecule has 0 amide bonds. The second-order valence-corrected chi connectivity index (χ2v) is 16.3. The van der Waals surface area contributed by atoms with Gasteiger partial charge in [0.2, 0.25) is 6.10 Å². The number of unbranched alkanes of at least 4 members (excludes halogenated alkanes) is 14. The zero-order chi connectivity index (χ0) is 41.9. The number of carbonyl (C=O) groups excluding carboxylic acids is 2. The summed E-state index contributed by atoms with van der Waals surface area (Å²) in [4.78, 5) is 38.1. The molecule has 1 spiro atoms. The van der Waals surface area contributed by atoms with Crippen LogP contribution in [0.1, 0.15) is 145 Å². The van der Waals surface area contributed by atoms with Gasteiger partial charge in [0.15, 0.2) is 17.6 Å². The highest BCUT2D eigenvalue weighted by molar-refractivity contribution is 5.82. The number of hydrogen-bond donors (Lipinski definition) is 3. The van der Waals surface area contributed by atoms with Crippen molar-refractivity contribution in [3.05, 3.63) is 71.0 Å². The Morgan fingerprint density at radius 2 is 1.47 bits per heavy atom. The van der Waals surface area contributed by atoms with Crippen molar-refractivity contribution >= 4 is 17.9 Å². The van der Waals surface area contributed by atoms with Crippen LogP contribution in [0.25, 0.3) is 0 Å². The highest BCUT2D eigenvalue weighted by atomic mass is 19.4. The third kappa shape index (κ3) is 10.2. The number of aliphatic carboxylic acids is 1. The number of carboxylic acids is 1. The predicted molar refractivity (Wildman–Crippen MR) is 211 cm³/mol. The van der Waals surface area contributed by atoms with Gasteiger partial charge in [0.05, 0.1) is 11.0 Å². The number of hydrogen-bond acceptors (Lipinski definition) is 9. The number of aromatic hydroxyl groups is 1. The van der Waals surface area contributed by atoms with Gasteiger partial charge in [0.1, 0.15) is 5.76 Å². The Balaban J connectivity index is 0.000000839. The van der Waals surface area contributed by atoms with Gasteiger partial charge in [0, 0.05) is 30.0 Å². The predicted octanol–water partition coefficient (Wildman–Crippen LogP) is 9.39. The molecule has 13 heteroatoms. The minimum atomic E-state index is -5.08. The molecule has 0 saturated carbocycles. The van der Waals surface area contributed by atoms with E-state index in [-0.39, 0.29) is 30.4 Å². The van der Waals surface area contributed by atoms with Crippen LogP contribution in [0, 0.1) is 0 Å². The fourth-order valence-corrected chi connectivity index (χ4v) is 9.32. The van der Waals surface area contributed by atoms with E-state index in [0.717, 1.165) is 36.9 Å². The van der Waals surface area contributed by atoms with Crippen LogP contribution in [0.2, 0.25) is 0 Å². The topological polar surface area (TPSA) is 143 Å². The molecule has 6 rings (SSSR count). The van der Waals surface area contributed by atoms with Crippen LogP contribution in [-0.4, -0.2) is 75.6 Å². The molecule has 320 valence electrons. The van der Waals surface area contributed by atoms with Crippen LogP contribution < -0.4 is 4.74 Å². The van der Waals surface area contributed by atoms with Crippen molar-refractivity contribution in [1.82, 2.24) is 4.90 Å². The Bertz CT molecular complexity index is 1730. The molecular formula is C45H60F3NO9. The lowest BCUT2D eigenvalue weighted by atomic mass is 9.50. The van der Waals surface area contributed by atoms with Crippen molar-refractivity contribution in [2.24, 2.45) is 0 Å². The van der Waals surface area contributed by atoms with Gasteiger partial charge < -0.3 is 34.4 Å². The van der Waals surface area contributed by atoms with E-state index in [4.69, 9.17) is 24.1 Å². The van der Waals surface area contributed by atoms with Gasteiger partial charge in [0.25, 0.3) is 0 Å². The van der Waals surface area contributed by atoms with Gasteiger partial charge in [-0.15, -0.1) is 0 Å². The smallest absolute Gasteiger partial charge is 0.490 e. The first-order valence-electron chi connectivity index (χ1n) is 21.2. The summed E-state index contributed by atoms with van der Waals surface area (Å²) in [7, 11) is 2.03. The van der Waals surface area contributed by atoms with Gasteiger partial charge in [-0.1, -0.05) is 133 Å². The summed E-state index contributed by atoms with van der Waals surface area (Å²) >= 11 is 0. The molecule has 2 bridgehead atoms. The summed E-state index contributed by atoms with van der Waals surface area (Å²) in [6.45, 7) is 2.99. The number of phenols is 1. The number of ether oxygens (including phenoxy) is 3. The van der Waals surface area contributed by atoms with Crippen molar-refractivity contribution in [2.75, 3.05) is 13.6 Å². The number of aliphatic hydroxyl groups is 1. The normalized spacial score (nSPS) is 23.4. The molecule has 5 atom stereocenters. The van der Waals surface area contributed by atoms with E-state index in [2.05, 4.69) is 11.8 Å². The van der Waals surface area contributed by atoms with Crippen LogP contribution in [0.15, 0.2) is 54.3 Å². The fourth-order valence-electron chi connectivity index (χ4n) is 9.32. The van der Waals surface area contributed by atoms with E-state index in [1.807, 2.05) is 19.2 Å². The van der Waals surface area contributed by atoms with E-state index >= 15 is 0 Å². The summed E-state index contributed by atoms with van der Waals surface area (Å²) in [5, 5.41) is 30.4. The molecule has 2 aromatic carbocycles. The maximum Gasteiger partial charge on any atom is 0.490 e. The molecule has 0 radical (unpaired) electrons. The number of rotatable bonds is 20. The second-order valence-electron chi connectivity index (χ2n) is 16.3. The third-order valence-electron chi connectivity index (χ3n) is 12.4. The van der Waals surface area contributed by atoms with E-state index in [1.54, 1.807) is 36.4 Å². The number of carbonyl (C=O) groups is 3. The number of benzene rings is 2. The number of piperidine rings is 1. The lowest BCUT2D eigenvalue weighted by Crippen LogP contribution is -2.74. The summed E-state index contributed by atoms with van der Waals surface area (Å²) < 4.78 is 50.1. The van der Waals surface area contributed by atoms with Crippen molar-refractivity contribution in [3.63, 3.8) is 0 Å². The maximum absolute atomic E-state index is 13.9. The number of carboxylic acid groups (broad SMARTS) is 1. The average molecular weight is 816 g/mol. The van der Waals surface area contributed by atoms with Crippen LogP contribution >= 0.6 is 0 Å². The average Bonchev–Trinajstić information content (AvgIpc) is 3.55. The van der Waals surface area contributed by atoms with Crippen LogP contribution in [0.3, 0.4) is 0 Å². The number of esters is 2. The summed E-state index contributed by atoms with van der Waals surface area (Å²) in [6, 6.07) is 12.4. The summed E-state index contributed by atoms with van der Waals surface area (Å²) in [5.41, 5.74) is 0.365. The van der Waals surface area contributed by atoms with Gasteiger partial charge in [-0.2, -0.15) is 13.2 Å². The first kappa shape index (κ1) is 45.0. The SMILES string of the molecule is CCCCCCCCCCCCCCCCCC(=O)OC(C(=O)OC1=CC[C@@]2(O)[C@H]3Cc4ccc(O)c5c4[C@@]2(CCN3C)[C@H]1O5)c1ccccc1.O=C(O)C(F)(F)F. The number of halogens is 3. The van der Waals surface area contributed by atoms with Crippen LogP contribution in [-0.2, 0) is 35.7 Å². The summed E-state index contributed by atoms with van der Waals surface area (Å²) in [6.07, 6.45) is 15.1. The number of likely N-dealkylation sites (tertiary alicyclic amines) is 1. The Kier molecular flexibility index (Phi) is 15.7. The molecule has 2 aliphatic heterocycles. The Morgan fingerprint density at radius 1 is 0.897 bits per heavy atom. The zero-order valence-corrected chi connectivity index (χ0v) is 33.9. The molecule has 10 nitrogen and oxygen atoms in total. The molecule has 1 saturated heterocycles. The van der Waals surface area contributed by atoms with E-state index in [9.17, 15) is 33.0 Å². The Labute approximate surface area is 339 Å². The minimum absolute atomic E-state index is 0.0119. The van der Waals surface area contributed by atoms with E-state index in [0.29, 0.717) is 24.2 Å². The minimum Gasteiger partial charge on any atom is -0.504 e. The number of phenolic OH excluding ortho intramolecular Hbond substituents is 1. The van der Waals surface area contributed by atoms with Gasteiger partial charge in [-0.25, -0.2) is 9.59 Å². The van der Waals surface area contributed by atoms with Crippen molar-refractivity contribution in [1.29, 1.82) is 0 Å². The van der Waals surface area contributed by atoms with Crippen molar-refractivity contribution in [2.45, 2.75) is 164 Å². The third-order valence-corrected chi connectivity index (χ3v) is 12.4. The molecule has 58 heavy (non-hydrogen) atoms. The number of nitrogens with zero attached hydrogens (tertiary/aromatic N) is 1. The number of alkyl halides is 3. The quantitative estimate of drug-likeness (QED) is 0.0874. The largest absolute Gasteiger partial charge is 0.504 e. The maximum atomic E-state index is 13.9. The first-order chi connectivity index (χ1) is 27.7. The van der Waals surface area contributed by atoms with Gasteiger partial charge in [-0.3, -0.25) is 4.79 Å². The van der Waals surface area contributed by atoms with Gasteiger partial charge in [-0.05, 0) is 50.6 Å². The molecule has 3 N–H and O–H groups in total. The zero-order valence-electron chi connectivity index (χ0n) is 33.9. The van der Waals surface area contributed by atoms with Crippen LogP contribution in [0.5, 0.6) is 11.5 Å². The standard InChI is InChI=1S/C43H59NO7.C2HF3O2/c1-3-4-5-6-7-8-9-10-11-12-13-14-15-16-20-23-36(46)50-38(31-21-18-17-19-22-31)41(47)49-34-26-27-43(48)35-30-32-24-25-33(45)39-37(32)42(43,40(34)51-39)28-29-44(35)2;3-2(4,5)1(6)7/h17-19,21-22,24-26,35,38,40,45,48H,3-16,20,23,27-30H2,1-2H3;(H,6,7)/t35-,38?,40+,42+,43-;/m1./s1. The fraction of sp³-hybridized carbons (Fsp3) is 0.622. The van der Waals surface area contributed by atoms with Crippen molar-refractivity contribution in [3.8, 4) is 11.5 Å². The van der Waals surface area contributed by atoms with Gasteiger partial charge >= 0.3 is 24.1 Å². The van der Waals surface area contributed by atoms with E-state index in [1.165, 1.54) is 77.0 Å². The lowest BCUT2D eigenvalue weighted by molar-refractivity contribution is -0.192. The molecule has 2 heterocycles. The molecular weight excluding hydrogens is 755 g/mol. The van der Waals surface area contributed by atoms with Crippen molar-refractivity contribution < 1.29 is 57.1 Å². The van der Waals surface area contributed by atoms with Crippen LogP contribution in [0.4, 0.5) is 13.2 Å². The number of likely N-dealkylation sites (N-methyl/N-ethyl adjacent to an activating group) is 1. The molecule has 2 aromatic rings. The van der Waals surface area contributed by atoms with E-state index < -0.39 is 47.3 Å². The first-order valence-corrected chi connectivity index (χ1v) is 21.2. The molecule has 4 aliphatic rings. The highest BCUT2D eigenvalue weighted by Gasteiger charge is 2.72.